The number of nitro groups is 1. The summed E-state index contributed by atoms with van der Waals surface area (Å²) in [5.41, 5.74) is 5.15. The van der Waals surface area contributed by atoms with Gasteiger partial charge < -0.3 is 15.4 Å². The molecular weight excluding hydrogens is 250 g/mol. The number of aryl methyl sites for hydroxylation is 1. The number of hydrogen-bond acceptors (Lipinski definition) is 7. The molecule has 1 rings (SSSR count). The SMILES string of the molecule is Cc1nc(N)nc(OCC(C)(C)N(C)C)c1[N+](=O)[O-]. The van der Waals surface area contributed by atoms with Crippen molar-refractivity contribution in [2.45, 2.75) is 26.3 Å². The van der Waals surface area contributed by atoms with Gasteiger partial charge >= 0.3 is 5.69 Å². The molecule has 0 saturated carbocycles. The number of ether oxygens (including phenoxy) is 1. The summed E-state index contributed by atoms with van der Waals surface area (Å²) in [6, 6.07) is 0. The van der Waals surface area contributed by atoms with Gasteiger partial charge in [-0.1, -0.05) is 0 Å². The number of nitrogen functional groups attached to an aromatic ring is 1. The van der Waals surface area contributed by atoms with E-state index in [0.717, 1.165) is 0 Å². The number of aromatic nitrogens is 2. The Bertz CT molecular complexity index is 487. The Kier molecular flexibility index (Phi) is 4.25. The van der Waals surface area contributed by atoms with E-state index in [4.69, 9.17) is 10.5 Å². The molecule has 0 atom stereocenters. The summed E-state index contributed by atoms with van der Waals surface area (Å²) in [6.45, 7) is 5.66. The number of rotatable bonds is 5. The molecule has 0 aliphatic heterocycles. The van der Waals surface area contributed by atoms with Crippen molar-refractivity contribution in [3.63, 3.8) is 0 Å². The largest absolute Gasteiger partial charge is 0.471 e. The van der Waals surface area contributed by atoms with E-state index in [0.29, 0.717) is 0 Å². The van der Waals surface area contributed by atoms with Gasteiger partial charge in [0.2, 0.25) is 5.95 Å². The highest BCUT2D eigenvalue weighted by molar-refractivity contribution is 5.47. The van der Waals surface area contributed by atoms with Crippen LogP contribution in [0, 0.1) is 17.0 Å². The van der Waals surface area contributed by atoms with Crippen molar-refractivity contribution in [1.82, 2.24) is 14.9 Å². The molecule has 0 fully saturated rings. The standard InChI is InChI=1S/C11H19N5O3/c1-7-8(16(17)18)9(14-10(12)13-7)19-6-11(2,3)15(4)5/h6H2,1-5H3,(H2,12,13,14). The summed E-state index contributed by atoms with van der Waals surface area (Å²) in [5.74, 6) is -0.134. The van der Waals surface area contributed by atoms with Crippen molar-refractivity contribution in [1.29, 1.82) is 0 Å². The summed E-state index contributed by atoms with van der Waals surface area (Å²) in [5, 5.41) is 11.0. The average molecular weight is 269 g/mol. The van der Waals surface area contributed by atoms with Gasteiger partial charge in [-0.3, -0.25) is 10.1 Å². The van der Waals surface area contributed by atoms with Gasteiger partial charge in [-0.2, -0.15) is 4.98 Å². The third kappa shape index (κ3) is 3.50. The zero-order valence-electron chi connectivity index (χ0n) is 11.8. The van der Waals surface area contributed by atoms with Crippen LogP contribution in [0.3, 0.4) is 0 Å². The lowest BCUT2D eigenvalue weighted by molar-refractivity contribution is -0.387. The molecule has 19 heavy (non-hydrogen) atoms. The Hall–Kier alpha value is -1.96. The van der Waals surface area contributed by atoms with Crippen LogP contribution < -0.4 is 10.5 Å². The van der Waals surface area contributed by atoms with Crippen molar-refractivity contribution in [3.8, 4) is 5.88 Å². The highest BCUT2D eigenvalue weighted by Crippen LogP contribution is 2.28. The molecule has 2 N–H and O–H groups in total. The topological polar surface area (TPSA) is 107 Å². The molecule has 0 aliphatic rings. The molecule has 1 aromatic rings. The normalized spacial score (nSPS) is 11.7. The Morgan fingerprint density at radius 3 is 2.47 bits per heavy atom. The first-order valence-electron chi connectivity index (χ1n) is 5.74. The van der Waals surface area contributed by atoms with Crippen molar-refractivity contribution >= 4 is 11.6 Å². The Morgan fingerprint density at radius 2 is 2.00 bits per heavy atom. The molecule has 8 nitrogen and oxygen atoms in total. The third-order valence-corrected chi connectivity index (χ3v) is 3.00. The maximum atomic E-state index is 11.0. The van der Waals surface area contributed by atoms with Crippen LogP contribution in [-0.2, 0) is 0 Å². The second kappa shape index (κ2) is 5.35. The molecule has 0 bridgehead atoms. The van der Waals surface area contributed by atoms with Crippen LogP contribution in [0.5, 0.6) is 5.88 Å². The molecule has 0 saturated heterocycles. The van der Waals surface area contributed by atoms with Gasteiger partial charge in [-0.15, -0.1) is 0 Å². The van der Waals surface area contributed by atoms with E-state index in [1.165, 1.54) is 6.92 Å². The molecule has 0 radical (unpaired) electrons. The summed E-state index contributed by atoms with van der Waals surface area (Å²) in [4.78, 5) is 20.0. The van der Waals surface area contributed by atoms with Crippen molar-refractivity contribution in [2.75, 3.05) is 26.4 Å². The maximum Gasteiger partial charge on any atom is 0.352 e. The van der Waals surface area contributed by atoms with Crippen LogP contribution in [0.2, 0.25) is 0 Å². The lowest BCUT2D eigenvalue weighted by atomic mass is 10.1. The quantitative estimate of drug-likeness (QED) is 0.627. The molecule has 8 heteroatoms. The minimum atomic E-state index is -0.563. The Labute approximate surface area is 111 Å². The van der Waals surface area contributed by atoms with Gasteiger partial charge in [0.15, 0.2) is 0 Å². The summed E-state index contributed by atoms with van der Waals surface area (Å²) in [6.07, 6.45) is 0. The van der Waals surface area contributed by atoms with Gasteiger partial charge in [0, 0.05) is 5.54 Å². The number of hydrogen-bond donors (Lipinski definition) is 1. The molecule has 1 heterocycles. The third-order valence-electron chi connectivity index (χ3n) is 3.00. The van der Waals surface area contributed by atoms with Gasteiger partial charge in [-0.25, -0.2) is 4.98 Å². The van der Waals surface area contributed by atoms with E-state index < -0.39 is 4.92 Å². The van der Waals surface area contributed by atoms with E-state index >= 15 is 0 Å². The highest BCUT2D eigenvalue weighted by Gasteiger charge is 2.27. The van der Waals surface area contributed by atoms with E-state index in [1.807, 2.05) is 32.8 Å². The number of nitrogens with two attached hydrogens (primary N) is 1. The Morgan fingerprint density at radius 1 is 1.42 bits per heavy atom. The van der Waals surface area contributed by atoms with E-state index in [-0.39, 0.29) is 35.4 Å². The summed E-state index contributed by atoms with van der Waals surface area (Å²) < 4.78 is 5.47. The zero-order valence-corrected chi connectivity index (χ0v) is 11.8. The van der Waals surface area contributed by atoms with Crippen LogP contribution in [-0.4, -0.2) is 46.0 Å². The van der Waals surface area contributed by atoms with Crippen LogP contribution in [0.4, 0.5) is 11.6 Å². The first-order chi connectivity index (χ1) is 8.65. The minimum Gasteiger partial charge on any atom is -0.471 e. The van der Waals surface area contributed by atoms with Crippen molar-refractivity contribution in [2.24, 2.45) is 0 Å². The van der Waals surface area contributed by atoms with Gasteiger partial charge in [0.05, 0.1) is 4.92 Å². The lowest BCUT2D eigenvalue weighted by Gasteiger charge is -2.31. The predicted molar refractivity (Wildman–Crippen MR) is 71.1 cm³/mol. The summed E-state index contributed by atoms with van der Waals surface area (Å²) >= 11 is 0. The fraction of sp³-hybridized carbons (Fsp3) is 0.636. The second-order valence-electron chi connectivity index (χ2n) is 5.07. The van der Waals surface area contributed by atoms with E-state index in [2.05, 4.69) is 9.97 Å². The molecular formula is C11H19N5O3. The molecule has 0 amide bonds. The molecule has 0 aromatic carbocycles. The molecule has 0 unspecified atom stereocenters. The van der Waals surface area contributed by atoms with Crippen LogP contribution in [0.15, 0.2) is 0 Å². The van der Waals surface area contributed by atoms with E-state index in [9.17, 15) is 10.1 Å². The van der Waals surface area contributed by atoms with Crippen molar-refractivity contribution in [3.05, 3.63) is 15.8 Å². The number of anilines is 1. The molecule has 0 aliphatic carbocycles. The first kappa shape index (κ1) is 15.1. The van der Waals surface area contributed by atoms with Crippen LogP contribution in [0.1, 0.15) is 19.5 Å². The number of likely N-dealkylation sites (N-methyl/N-ethyl adjacent to an activating group) is 1. The molecule has 0 spiro atoms. The van der Waals surface area contributed by atoms with E-state index in [1.54, 1.807) is 0 Å². The van der Waals surface area contributed by atoms with Gasteiger partial charge in [0.25, 0.3) is 5.88 Å². The summed E-state index contributed by atoms with van der Waals surface area (Å²) in [7, 11) is 3.80. The van der Waals surface area contributed by atoms with Crippen LogP contribution in [0.25, 0.3) is 0 Å². The predicted octanol–water partition coefficient (Wildman–Crippen LogP) is 0.994. The lowest BCUT2D eigenvalue weighted by Crippen LogP contribution is -2.43. The van der Waals surface area contributed by atoms with Gasteiger partial charge in [0.1, 0.15) is 12.3 Å². The maximum absolute atomic E-state index is 11.0. The zero-order chi connectivity index (χ0) is 14.8. The minimum absolute atomic E-state index is 0.0410. The monoisotopic (exact) mass is 269 g/mol. The average Bonchev–Trinajstić information content (AvgIpc) is 2.24. The van der Waals surface area contributed by atoms with Crippen LogP contribution >= 0.6 is 0 Å². The fourth-order valence-corrected chi connectivity index (χ4v) is 1.25. The Balaban J connectivity index is 3.04. The second-order valence-corrected chi connectivity index (χ2v) is 5.07. The molecule has 106 valence electrons. The van der Waals surface area contributed by atoms with Gasteiger partial charge in [-0.05, 0) is 34.9 Å². The van der Waals surface area contributed by atoms with Crippen molar-refractivity contribution < 1.29 is 9.66 Å². The number of nitrogens with zero attached hydrogens (tertiary/aromatic N) is 4. The molecule has 1 aromatic heterocycles. The highest BCUT2D eigenvalue weighted by atomic mass is 16.6. The first-order valence-corrected chi connectivity index (χ1v) is 5.74. The smallest absolute Gasteiger partial charge is 0.352 e. The fourth-order valence-electron chi connectivity index (χ4n) is 1.25.